The van der Waals surface area contributed by atoms with Crippen molar-refractivity contribution in [3.63, 3.8) is 0 Å². The van der Waals surface area contributed by atoms with Crippen LogP contribution in [-0.2, 0) is 4.74 Å². The van der Waals surface area contributed by atoms with Crippen LogP contribution in [0.4, 0.5) is 0 Å². The number of nitrogens with one attached hydrogen (secondary N) is 1. The van der Waals surface area contributed by atoms with Crippen molar-refractivity contribution in [2.24, 2.45) is 5.92 Å². The van der Waals surface area contributed by atoms with E-state index in [9.17, 15) is 4.79 Å². The minimum Gasteiger partial charge on any atom is -0.408 e. The molecule has 1 aromatic carbocycles. The molecule has 1 aliphatic heterocycles. The molecule has 1 saturated heterocycles. The highest BCUT2D eigenvalue weighted by atomic mass is 35.5. The van der Waals surface area contributed by atoms with Gasteiger partial charge in [-0.05, 0) is 30.5 Å². The summed E-state index contributed by atoms with van der Waals surface area (Å²) in [6.07, 6.45) is 2.16. The van der Waals surface area contributed by atoms with Gasteiger partial charge in [-0.25, -0.2) is 4.79 Å². The molecule has 3 atom stereocenters. The fourth-order valence-electron chi connectivity index (χ4n) is 2.80. The minimum atomic E-state index is -0.436. The summed E-state index contributed by atoms with van der Waals surface area (Å²) in [4.78, 5) is 13.8. The molecule has 5 heteroatoms. The summed E-state index contributed by atoms with van der Waals surface area (Å²) >= 11 is 6.58. The molecule has 4 nitrogen and oxygen atoms in total. The lowest BCUT2D eigenvalue weighted by Gasteiger charge is -2.22. The van der Waals surface area contributed by atoms with Crippen molar-refractivity contribution in [1.29, 1.82) is 0 Å². The van der Waals surface area contributed by atoms with Crippen LogP contribution >= 0.6 is 11.6 Å². The molecule has 0 amide bonds. The van der Waals surface area contributed by atoms with E-state index in [-0.39, 0.29) is 11.5 Å². The Labute approximate surface area is 115 Å². The summed E-state index contributed by atoms with van der Waals surface area (Å²) in [7, 11) is 0. The number of rotatable bonds is 3. The van der Waals surface area contributed by atoms with Gasteiger partial charge >= 0.3 is 5.76 Å². The van der Waals surface area contributed by atoms with Crippen LogP contribution < -0.4 is 5.76 Å². The van der Waals surface area contributed by atoms with Gasteiger partial charge < -0.3 is 9.15 Å². The average molecular weight is 282 g/mol. The summed E-state index contributed by atoms with van der Waals surface area (Å²) in [6.45, 7) is 2.88. The minimum absolute atomic E-state index is 0.114. The Kier molecular flexibility index (Phi) is 3.37. The number of alkyl halides is 1. The Bertz CT molecular complexity index is 633. The normalized spacial score (nSPS) is 24.9. The molecular formula is C14H16ClNO3. The highest BCUT2D eigenvalue weighted by Crippen LogP contribution is 2.39. The number of ether oxygens (including phenoxy) is 1. The first kappa shape index (κ1) is 12.8. The summed E-state index contributed by atoms with van der Waals surface area (Å²) in [6, 6.07) is 5.62. The van der Waals surface area contributed by atoms with Crippen LogP contribution in [0.25, 0.3) is 11.1 Å². The average Bonchev–Trinajstić information content (AvgIpc) is 3.01. The van der Waals surface area contributed by atoms with E-state index in [1.807, 2.05) is 18.2 Å². The third kappa shape index (κ3) is 2.30. The van der Waals surface area contributed by atoms with E-state index in [0.29, 0.717) is 17.0 Å². The van der Waals surface area contributed by atoms with Gasteiger partial charge in [-0.1, -0.05) is 13.0 Å². The van der Waals surface area contributed by atoms with Crippen molar-refractivity contribution in [3.8, 4) is 0 Å². The lowest BCUT2D eigenvalue weighted by molar-refractivity contribution is 0.0864. The second-order valence-corrected chi connectivity index (χ2v) is 5.41. The molecule has 2 aromatic rings. The first-order chi connectivity index (χ1) is 9.19. The molecule has 0 bridgehead atoms. The molecule has 1 N–H and O–H groups in total. The zero-order valence-electron chi connectivity index (χ0n) is 10.7. The van der Waals surface area contributed by atoms with Gasteiger partial charge in [0, 0.05) is 12.5 Å². The molecule has 0 spiro atoms. The van der Waals surface area contributed by atoms with Crippen molar-refractivity contribution >= 4 is 22.7 Å². The quantitative estimate of drug-likeness (QED) is 0.879. The number of fused-ring (bicyclic) bond motifs is 1. The molecule has 102 valence electrons. The molecule has 0 radical (unpaired) electrons. The smallest absolute Gasteiger partial charge is 0.408 e. The molecule has 1 aromatic heterocycles. The number of H-pyrrole nitrogens is 1. The van der Waals surface area contributed by atoms with E-state index in [2.05, 4.69) is 11.9 Å². The molecule has 2 heterocycles. The predicted molar refractivity (Wildman–Crippen MR) is 73.6 cm³/mol. The highest BCUT2D eigenvalue weighted by molar-refractivity contribution is 6.21. The van der Waals surface area contributed by atoms with E-state index < -0.39 is 5.76 Å². The fraction of sp³-hybridized carbons (Fsp3) is 0.500. The first-order valence-corrected chi connectivity index (χ1v) is 7.01. The zero-order chi connectivity index (χ0) is 13.4. The Morgan fingerprint density at radius 2 is 2.37 bits per heavy atom. The number of hydrogen-bond donors (Lipinski definition) is 1. The maximum absolute atomic E-state index is 11.1. The number of hydrogen-bond acceptors (Lipinski definition) is 3. The molecule has 1 aliphatic rings. The topological polar surface area (TPSA) is 55.2 Å². The Morgan fingerprint density at radius 1 is 1.53 bits per heavy atom. The summed E-state index contributed by atoms with van der Waals surface area (Å²) in [5.74, 6) is -0.122. The van der Waals surface area contributed by atoms with Gasteiger partial charge in [0.15, 0.2) is 5.58 Å². The van der Waals surface area contributed by atoms with Crippen LogP contribution in [0.1, 0.15) is 30.7 Å². The molecule has 1 fully saturated rings. The van der Waals surface area contributed by atoms with Gasteiger partial charge in [-0.2, -0.15) is 0 Å². The van der Waals surface area contributed by atoms with Crippen molar-refractivity contribution in [1.82, 2.24) is 4.98 Å². The lowest BCUT2D eigenvalue weighted by Crippen LogP contribution is -2.19. The van der Waals surface area contributed by atoms with Gasteiger partial charge in [0.2, 0.25) is 0 Å². The number of oxazole rings is 1. The monoisotopic (exact) mass is 281 g/mol. The van der Waals surface area contributed by atoms with Gasteiger partial charge in [-0.3, -0.25) is 4.98 Å². The second-order valence-electron chi connectivity index (χ2n) is 4.94. The number of aromatic amines is 1. The van der Waals surface area contributed by atoms with Crippen LogP contribution in [0.5, 0.6) is 0 Å². The standard InChI is InChI=1S/C14H16ClNO3/c1-2-11-9(5-6-18-11)13(15)8-3-4-10-12(7-8)19-14(17)16-10/h3-4,7,9,11,13H,2,5-6H2,1H3,(H,16,17). The molecule has 3 rings (SSSR count). The van der Waals surface area contributed by atoms with E-state index in [4.69, 9.17) is 20.8 Å². The number of aromatic nitrogens is 1. The summed E-state index contributed by atoms with van der Waals surface area (Å²) < 4.78 is 10.8. The first-order valence-electron chi connectivity index (χ1n) is 6.57. The van der Waals surface area contributed by atoms with E-state index >= 15 is 0 Å². The van der Waals surface area contributed by atoms with Crippen LogP contribution in [-0.4, -0.2) is 17.7 Å². The van der Waals surface area contributed by atoms with Gasteiger partial charge in [0.1, 0.15) is 0 Å². The number of benzene rings is 1. The molecule has 19 heavy (non-hydrogen) atoms. The van der Waals surface area contributed by atoms with E-state index in [1.54, 1.807) is 0 Å². The fourth-order valence-corrected chi connectivity index (χ4v) is 3.23. The number of halogens is 1. The van der Waals surface area contributed by atoms with Crippen LogP contribution in [0.2, 0.25) is 0 Å². The molecule has 0 aliphatic carbocycles. The van der Waals surface area contributed by atoms with Gasteiger partial charge in [0.25, 0.3) is 0 Å². The SMILES string of the molecule is CCC1OCCC1C(Cl)c1ccc2[nH]c(=O)oc2c1. The Hall–Kier alpha value is -1.26. The van der Waals surface area contributed by atoms with E-state index in [0.717, 1.165) is 25.0 Å². The molecular weight excluding hydrogens is 266 g/mol. The molecule has 3 unspecified atom stereocenters. The zero-order valence-corrected chi connectivity index (χ0v) is 11.4. The van der Waals surface area contributed by atoms with Crippen molar-refractivity contribution < 1.29 is 9.15 Å². The summed E-state index contributed by atoms with van der Waals surface area (Å²) in [5, 5.41) is -0.114. The molecule has 0 saturated carbocycles. The maximum atomic E-state index is 11.1. The third-order valence-electron chi connectivity index (χ3n) is 3.80. The third-order valence-corrected chi connectivity index (χ3v) is 4.38. The summed E-state index contributed by atoms with van der Waals surface area (Å²) in [5.41, 5.74) is 2.23. The van der Waals surface area contributed by atoms with Gasteiger partial charge in [-0.15, -0.1) is 11.6 Å². The van der Waals surface area contributed by atoms with Crippen LogP contribution in [0.3, 0.4) is 0 Å². The van der Waals surface area contributed by atoms with Crippen LogP contribution in [0.15, 0.2) is 27.4 Å². The van der Waals surface area contributed by atoms with Gasteiger partial charge in [0.05, 0.1) is 17.0 Å². The Morgan fingerprint density at radius 3 is 3.16 bits per heavy atom. The van der Waals surface area contributed by atoms with E-state index in [1.165, 1.54) is 0 Å². The second kappa shape index (κ2) is 5.02. The van der Waals surface area contributed by atoms with Crippen LogP contribution in [0, 0.1) is 5.92 Å². The van der Waals surface area contributed by atoms with Crippen molar-refractivity contribution in [2.45, 2.75) is 31.2 Å². The maximum Gasteiger partial charge on any atom is 0.417 e. The van der Waals surface area contributed by atoms with Crippen molar-refractivity contribution in [3.05, 3.63) is 34.3 Å². The van der Waals surface area contributed by atoms with Crippen molar-refractivity contribution in [2.75, 3.05) is 6.61 Å². The largest absolute Gasteiger partial charge is 0.417 e. The predicted octanol–water partition coefficient (Wildman–Crippen LogP) is 3.22. The highest BCUT2D eigenvalue weighted by Gasteiger charge is 2.33. The lowest BCUT2D eigenvalue weighted by atomic mass is 9.91. The Balaban J connectivity index is 1.92.